The topological polar surface area (TPSA) is 63.8 Å². The second-order valence-corrected chi connectivity index (χ2v) is 4.28. The number of benzene rings is 1. The Kier molecular flexibility index (Phi) is 3.05. The number of hydrogen-bond acceptors (Lipinski definition) is 4. The van der Waals surface area contributed by atoms with E-state index in [1.165, 1.54) is 6.33 Å². The zero-order valence-electron chi connectivity index (χ0n) is 8.74. The highest BCUT2D eigenvalue weighted by Gasteiger charge is 2.03. The van der Waals surface area contributed by atoms with E-state index in [1.807, 2.05) is 31.2 Å². The van der Waals surface area contributed by atoms with Gasteiger partial charge in [0.2, 0.25) is 0 Å². The van der Waals surface area contributed by atoms with E-state index < -0.39 is 0 Å². The summed E-state index contributed by atoms with van der Waals surface area (Å²) < 4.78 is 1.04. The minimum absolute atomic E-state index is 0.495. The lowest BCUT2D eigenvalue weighted by Gasteiger charge is -2.09. The van der Waals surface area contributed by atoms with Crippen LogP contribution in [0, 0.1) is 6.92 Å². The number of nitrogens with one attached hydrogen (secondary N) is 1. The van der Waals surface area contributed by atoms with Gasteiger partial charge < -0.3 is 11.1 Å². The average molecular weight is 279 g/mol. The number of hydrogen-bond donors (Lipinski definition) is 2. The van der Waals surface area contributed by atoms with Crippen molar-refractivity contribution in [2.45, 2.75) is 6.92 Å². The fourth-order valence-corrected chi connectivity index (χ4v) is 1.52. The fourth-order valence-electron chi connectivity index (χ4n) is 1.26. The summed E-state index contributed by atoms with van der Waals surface area (Å²) in [6, 6.07) is 7.84. The molecule has 0 saturated carbocycles. The van der Waals surface area contributed by atoms with Crippen LogP contribution in [0.15, 0.2) is 35.1 Å². The zero-order chi connectivity index (χ0) is 11.5. The minimum Gasteiger partial charge on any atom is -0.383 e. The Morgan fingerprint density at radius 1 is 1.19 bits per heavy atom. The first-order valence-electron chi connectivity index (χ1n) is 4.76. The van der Waals surface area contributed by atoms with Crippen molar-refractivity contribution in [3.8, 4) is 0 Å². The highest BCUT2D eigenvalue weighted by molar-refractivity contribution is 9.10. The van der Waals surface area contributed by atoms with Crippen LogP contribution >= 0.6 is 15.9 Å². The van der Waals surface area contributed by atoms with Gasteiger partial charge in [0, 0.05) is 15.7 Å². The van der Waals surface area contributed by atoms with Crippen LogP contribution in [0.25, 0.3) is 0 Å². The van der Waals surface area contributed by atoms with Gasteiger partial charge in [-0.15, -0.1) is 0 Å². The maximum absolute atomic E-state index is 5.70. The normalized spacial score (nSPS) is 10.1. The molecule has 0 spiro atoms. The molecule has 0 atom stereocenters. The number of nitrogen functional groups attached to an aromatic ring is 1. The van der Waals surface area contributed by atoms with Crippen LogP contribution in [-0.4, -0.2) is 9.97 Å². The van der Waals surface area contributed by atoms with E-state index >= 15 is 0 Å². The second kappa shape index (κ2) is 4.49. The first kappa shape index (κ1) is 10.9. The second-order valence-electron chi connectivity index (χ2n) is 3.36. The summed E-state index contributed by atoms with van der Waals surface area (Å²) in [5.74, 6) is 1.23. The van der Waals surface area contributed by atoms with Crippen molar-refractivity contribution in [1.82, 2.24) is 9.97 Å². The molecule has 0 aliphatic heterocycles. The molecule has 3 N–H and O–H groups in total. The van der Waals surface area contributed by atoms with Crippen LogP contribution in [0.2, 0.25) is 0 Å². The Morgan fingerprint density at radius 3 is 2.56 bits per heavy atom. The van der Waals surface area contributed by atoms with Gasteiger partial charge in [0.1, 0.15) is 18.0 Å². The summed E-state index contributed by atoms with van der Waals surface area (Å²) in [6.07, 6.45) is 1.45. The molecule has 2 rings (SSSR count). The van der Waals surface area contributed by atoms with Crippen LogP contribution in [-0.2, 0) is 0 Å². The Labute approximate surface area is 102 Å². The summed E-state index contributed by atoms with van der Waals surface area (Å²) in [5, 5.41) is 3.19. The van der Waals surface area contributed by atoms with Crippen LogP contribution in [0.4, 0.5) is 17.3 Å². The largest absolute Gasteiger partial charge is 0.383 e. The fraction of sp³-hybridized carbons (Fsp3) is 0.0909. The van der Waals surface area contributed by atoms with E-state index in [-0.39, 0.29) is 0 Å². The van der Waals surface area contributed by atoms with Crippen molar-refractivity contribution < 1.29 is 0 Å². The Hall–Kier alpha value is -1.62. The van der Waals surface area contributed by atoms with E-state index in [0.717, 1.165) is 21.5 Å². The molecule has 1 aromatic heterocycles. The predicted molar refractivity (Wildman–Crippen MR) is 68.6 cm³/mol. The third-order valence-electron chi connectivity index (χ3n) is 2.23. The SMILES string of the molecule is Cc1c(N)ncnc1Nc1ccc(Br)cc1. The van der Waals surface area contributed by atoms with Gasteiger partial charge in [-0.3, -0.25) is 0 Å². The third kappa shape index (κ3) is 2.30. The molecule has 0 fully saturated rings. The van der Waals surface area contributed by atoms with Crippen molar-refractivity contribution in [3.05, 3.63) is 40.6 Å². The van der Waals surface area contributed by atoms with Gasteiger partial charge in [-0.25, -0.2) is 9.97 Å². The molecule has 0 aliphatic carbocycles. The first-order valence-corrected chi connectivity index (χ1v) is 5.56. The quantitative estimate of drug-likeness (QED) is 0.887. The number of nitrogens with zero attached hydrogens (tertiary/aromatic N) is 2. The van der Waals surface area contributed by atoms with Gasteiger partial charge in [0.15, 0.2) is 0 Å². The monoisotopic (exact) mass is 278 g/mol. The van der Waals surface area contributed by atoms with E-state index in [4.69, 9.17) is 5.73 Å². The van der Waals surface area contributed by atoms with Gasteiger partial charge in [0.05, 0.1) is 0 Å². The summed E-state index contributed by atoms with van der Waals surface area (Å²) in [5.41, 5.74) is 7.51. The van der Waals surface area contributed by atoms with Crippen molar-refractivity contribution in [2.75, 3.05) is 11.1 Å². The Bertz CT molecular complexity index is 496. The molecular weight excluding hydrogens is 268 g/mol. The summed E-state index contributed by atoms with van der Waals surface area (Å²) >= 11 is 3.38. The molecule has 0 unspecified atom stereocenters. The van der Waals surface area contributed by atoms with Gasteiger partial charge in [-0.1, -0.05) is 15.9 Å². The molecular formula is C11H11BrN4. The van der Waals surface area contributed by atoms with Gasteiger partial charge in [0.25, 0.3) is 0 Å². The number of nitrogens with two attached hydrogens (primary N) is 1. The van der Waals surface area contributed by atoms with Crippen LogP contribution in [0.1, 0.15) is 5.56 Å². The van der Waals surface area contributed by atoms with E-state index in [0.29, 0.717) is 5.82 Å². The predicted octanol–water partition coefficient (Wildman–Crippen LogP) is 2.87. The van der Waals surface area contributed by atoms with Gasteiger partial charge in [-0.2, -0.15) is 0 Å². The van der Waals surface area contributed by atoms with Gasteiger partial charge >= 0.3 is 0 Å². The zero-order valence-corrected chi connectivity index (χ0v) is 10.3. The maximum Gasteiger partial charge on any atom is 0.138 e. The molecule has 0 aliphatic rings. The van der Waals surface area contributed by atoms with E-state index in [2.05, 4.69) is 31.2 Å². The van der Waals surface area contributed by atoms with Crippen molar-refractivity contribution in [2.24, 2.45) is 0 Å². The van der Waals surface area contributed by atoms with Crippen LogP contribution in [0.3, 0.4) is 0 Å². The molecule has 0 amide bonds. The Balaban J connectivity index is 2.27. The number of halogens is 1. The highest BCUT2D eigenvalue weighted by Crippen LogP contribution is 2.21. The number of rotatable bonds is 2. The molecule has 16 heavy (non-hydrogen) atoms. The number of anilines is 3. The Morgan fingerprint density at radius 2 is 1.88 bits per heavy atom. The van der Waals surface area contributed by atoms with Crippen molar-refractivity contribution >= 4 is 33.3 Å². The van der Waals surface area contributed by atoms with E-state index in [9.17, 15) is 0 Å². The van der Waals surface area contributed by atoms with Crippen molar-refractivity contribution in [3.63, 3.8) is 0 Å². The highest BCUT2D eigenvalue weighted by atomic mass is 79.9. The third-order valence-corrected chi connectivity index (χ3v) is 2.76. The molecule has 1 heterocycles. The molecule has 82 valence electrons. The summed E-state index contributed by atoms with van der Waals surface area (Å²) in [7, 11) is 0. The first-order chi connectivity index (χ1) is 7.66. The molecule has 1 aromatic carbocycles. The standard InChI is InChI=1S/C11H11BrN4/c1-7-10(13)14-6-15-11(7)16-9-4-2-8(12)3-5-9/h2-6H,1H3,(H3,13,14,15,16). The van der Waals surface area contributed by atoms with Crippen molar-refractivity contribution in [1.29, 1.82) is 0 Å². The maximum atomic E-state index is 5.70. The molecule has 4 nitrogen and oxygen atoms in total. The van der Waals surface area contributed by atoms with Gasteiger partial charge in [-0.05, 0) is 31.2 Å². The van der Waals surface area contributed by atoms with E-state index in [1.54, 1.807) is 0 Å². The lowest BCUT2D eigenvalue weighted by molar-refractivity contribution is 1.14. The molecule has 0 saturated heterocycles. The smallest absolute Gasteiger partial charge is 0.138 e. The average Bonchev–Trinajstić information content (AvgIpc) is 2.28. The van der Waals surface area contributed by atoms with Crippen LogP contribution < -0.4 is 11.1 Å². The summed E-state index contributed by atoms with van der Waals surface area (Å²) in [6.45, 7) is 1.89. The number of aromatic nitrogens is 2. The van der Waals surface area contributed by atoms with Crippen LogP contribution in [0.5, 0.6) is 0 Å². The summed E-state index contributed by atoms with van der Waals surface area (Å²) in [4.78, 5) is 8.06. The minimum atomic E-state index is 0.495. The molecule has 2 aromatic rings. The molecule has 0 bridgehead atoms. The lowest BCUT2D eigenvalue weighted by Crippen LogP contribution is -2.01. The lowest BCUT2D eigenvalue weighted by atomic mass is 10.3. The molecule has 0 radical (unpaired) electrons. The molecule has 5 heteroatoms.